The first-order valence-electron chi connectivity index (χ1n) is 4.63. The molecule has 0 heterocycles. The molecule has 2 N–H and O–H groups in total. The summed E-state index contributed by atoms with van der Waals surface area (Å²) >= 11 is 0. The maximum atomic E-state index is 5.52. The van der Waals surface area contributed by atoms with Crippen LogP contribution >= 0.6 is 0 Å². The fourth-order valence-corrected chi connectivity index (χ4v) is 1.92. The average molecular weight is 153 g/mol. The van der Waals surface area contributed by atoms with Gasteiger partial charge in [0.2, 0.25) is 0 Å². The molecule has 1 rings (SSSR count). The van der Waals surface area contributed by atoms with E-state index in [1.807, 2.05) is 0 Å². The van der Waals surface area contributed by atoms with Gasteiger partial charge in [-0.15, -0.1) is 0 Å². The second-order valence-corrected chi connectivity index (χ2v) is 3.80. The van der Waals surface area contributed by atoms with Crippen molar-refractivity contribution in [1.29, 1.82) is 0 Å². The predicted molar refractivity (Wildman–Crippen MR) is 49.3 cm³/mol. The summed E-state index contributed by atoms with van der Waals surface area (Å²) in [5, 5.41) is 0. The van der Waals surface area contributed by atoms with E-state index in [0.29, 0.717) is 0 Å². The molecular weight excluding hydrogens is 134 g/mol. The molecule has 0 aromatic rings. The van der Waals surface area contributed by atoms with Crippen molar-refractivity contribution >= 4 is 0 Å². The van der Waals surface area contributed by atoms with E-state index in [9.17, 15) is 0 Å². The quantitative estimate of drug-likeness (QED) is 0.605. The van der Waals surface area contributed by atoms with Gasteiger partial charge in [-0.25, -0.2) is 0 Å². The molecule has 0 aliphatic heterocycles. The van der Waals surface area contributed by atoms with Gasteiger partial charge >= 0.3 is 0 Å². The van der Waals surface area contributed by atoms with Crippen molar-refractivity contribution in [3.63, 3.8) is 0 Å². The van der Waals surface area contributed by atoms with Crippen molar-refractivity contribution in [3.05, 3.63) is 11.6 Å². The van der Waals surface area contributed by atoms with Crippen LogP contribution in [0.1, 0.15) is 33.1 Å². The third-order valence-electron chi connectivity index (χ3n) is 2.60. The first-order chi connectivity index (χ1) is 5.24. The second-order valence-electron chi connectivity index (χ2n) is 3.80. The van der Waals surface area contributed by atoms with Crippen LogP contribution in [-0.2, 0) is 0 Å². The molecule has 2 unspecified atom stereocenters. The third kappa shape index (κ3) is 2.33. The smallest absolute Gasteiger partial charge is 0.00398 e. The van der Waals surface area contributed by atoms with E-state index in [1.165, 1.54) is 12.8 Å². The van der Waals surface area contributed by atoms with Crippen LogP contribution in [0.4, 0.5) is 0 Å². The van der Waals surface area contributed by atoms with E-state index in [4.69, 9.17) is 5.73 Å². The van der Waals surface area contributed by atoms with Gasteiger partial charge in [-0.3, -0.25) is 0 Å². The second kappa shape index (κ2) is 3.91. The largest absolute Gasteiger partial charge is 0.330 e. The molecule has 1 heteroatoms. The minimum absolute atomic E-state index is 0.780. The Balaban J connectivity index is 2.50. The zero-order valence-corrected chi connectivity index (χ0v) is 7.64. The van der Waals surface area contributed by atoms with Gasteiger partial charge in [-0.05, 0) is 37.6 Å². The molecule has 0 fully saturated rings. The van der Waals surface area contributed by atoms with E-state index in [0.717, 1.165) is 24.8 Å². The Morgan fingerprint density at radius 3 is 2.82 bits per heavy atom. The highest BCUT2D eigenvalue weighted by Gasteiger charge is 2.16. The number of hydrogen-bond donors (Lipinski definition) is 1. The lowest BCUT2D eigenvalue weighted by Gasteiger charge is -2.24. The Morgan fingerprint density at radius 1 is 1.55 bits per heavy atom. The van der Waals surface area contributed by atoms with E-state index >= 15 is 0 Å². The Bertz CT molecular complexity index is 149. The summed E-state index contributed by atoms with van der Waals surface area (Å²) in [5.74, 6) is 1.66. The van der Waals surface area contributed by atoms with Crippen molar-refractivity contribution in [2.24, 2.45) is 17.6 Å². The van der Waals surface area contributed by atoms with Crippen LogP contribution in [0.2, 0.25) is 0 Å². The molecule has 2 atom stereocenters. The van der Waals surface area contributed by atoms with Crippen LogP contribution in [0, 0.1) is 11.8 Å². The summed E-state index contributed by atoms with van der Waals surface area (Å²) in [7, 11) is 0. The maximum Gasteiger partial charge on any atom is -0.00398 e. The van der Waals surface area contributed by atoms with Crippen LogP contribution in [0.5, 0.6) is 0 Å². The lowest BCUT2D eigenvalue weighted by molar-refractivity contribution is 0.421. The Morgan fingerprint density at radius 2 is 2.27 bits per heavy atom. The van der Waals surface area contributed by atoms with Gasteiger partial charge in [0.15, 0.2) is 0 Å². The van der Waals surface area contributed by atoms with E-state index < -0.39 is 0 Å². The van der Waals surface area contributed by atoms with Crippen LogP contribution in [-0.4, -0.2) is 6.54 Å². The zero-order valence-electron chi connectivity index (χ0n) is 7.64. The average Bonchev–Trinajstić information content (AvgIpc) is 1.95. The number of rotatable bonds is 2. The Hall–Kier alpha value is -0.300. The fraction of sp³-hybridized carbons (Fsp3) is 0.800. The molecule has 64 valence electrons. The zero-order chi connectivity index (χ0) is 8.27. The molecular formula is C10H19N. The molecule has 1 aliphatic carbocycles. The van der Waals surface area contributed by atoms with E-state index in [1.54, 1.807) is 5.57 Å². The van der Waals surface area contributed by atoms with Crippen molar-refractivity contribution in [3.8, 4) is 0 Å². The van der Waals surface area contributed by atoms with E-state index in [2.05, 4.69) is 19.9 Å². The highest BCUT2D eigenvalue weighted by Crippen LogP contribution is 2.29. The summed E-state index contributed by atoms with van der Waals surface area (Å²) in [6, 6.07) is 0. The van der Waals surface area contributed by atoms with Crippen LogP contribution in [0.3, 0.4) is 0 Å². The van der Waals surface area contributed by atoms with Gasteiger partial charge in [0.1, 0.15) is 0 Å². The molecule has 1 aliphatic rings. The van der Waals surface area contributed by atoms with Gasteiger partial charge in [0.05, 0.1) is 0 Å². The molecule has 0 aromatic carbocycles. The molecule has 0 saturated carbocycles. The first kappa shape index (κ1) is 8.79. The Kier molecular flexibility index (Phi) is 3.13. The summed E-state index contributed by atoms with van der Waals surface area (Å²) in [4.78, 5) is 0. The monoisotopic (exact) mass is 153 g/mol. The summed E-state index contributed by atoms with van der Waals surface area (Å²) < 4.78 is 0. The number of hydrogen-bond acceptors (Lipinski definition) is 1. The van der Waals surface area contributed by atoms with Crippen molar-refractivity contribution < 1.29 is 0 Å². The van der Waals surface area contributed by atoms with Gasteiger partial charge in [0, 0.05) is 0 Å². The van der Waals surface area contributed by atoms with Crippen molar-refractivity contribution in [2.45, 2.75) is 33.1 Å². The topological polar surface area (TPSA) is 26.0 Å². The van der Waals surface area contributed by atoms with Crippen LogP contribution < -0.4 is 5.73 Å². The van der Waals surface area contributed by atoms with Gasteiger partial charge in [-0.2, -0.15) is 0 Å². The fourth-order valence-electron chi connectivity index (χ4n) is 1.92. The summed E-state index contributed by atoms with van der Waals surface area (Å²) in [6.45, 7) is 5.45. The minimum atomic E-state index is 0.780. The highest BCUT2D eigenvalue weighted by molar-refractivity contribution is 5.09. The maximum absolute atomic E-state index is 5.52. The predicted octanol–water partition coefficient (Wildman–Crippen LogP) is 2.33. The summed E-state index contributed by atoms with van der Waals surface area (Å²) in [5.41, 5.74) is 7.10. The molecule has 0 bridgehead atoms. The highest BCUT2D eigenvalue weighted by atomic mass is 14.5. The normalized spacial score (nSPS) is 31.7. The number of allylic oxidation sites excluding steroid dienone is 1. The molecule has 1 nitrogen and oxygen atoms in total. The van der Waals surface area contributed by atoms with Crippen molar-refractivity contribution in [2.75, 3.05) is 6.54 Å². The van der Waals surface area contributed by atoms with E-state index in [-0.39, 0.29) is 0 Å². The molecule has 11 heavy (non-hydrogen) atoms. The van der Waals surface area contributed by atoms with Gasteiger partial charge < -0.3 is 5.73 Å². The van der Waals surface area contributed by atoms with Crippen LogP contribution in [0.25, 0.3) is 0 Å². The Labute approximate surface area is 69.7 Å². The minimum Gasteiger partial charge on any atom is -0.330 e. The molecule has 0 aromatic heterocycles. The standard InChI is InChI=1S/C10H19N/c1-8-3-4-10(5-6-11)9(2)7-8/h4,8-9H,3,5-7,11H2,1-2H3. The molecule has 0 radical (unpaired) electrons. The van der Waals surface area contributed by atoms with Crippen LogP contribution in [0.15, 0.2) is 11.6 Å². The lowest BCUT2D eigenvalue weighted by Crippen LogP contribution is -2.14. The summed E-state index contributed by atoms with van der Waals surface area (Å²) in [6.07, 6.45) is 6.12. The first-order valence-corrected chi connectivity index (χ1v) is 4.63. The SMILES string of the molecule is CC1CC=C(CCN)C(C)C1. The molecule has 0 saturated heterocycles. The van der Waals surface area contributed by atoms with Gasteiger partial charge in [0.25, 0.3) is 0 Å². The third-order valence-corrected chi connectivity index (χ3v) is 2.60. The number of nitrogens with two attached hydrogens (primary N) is 1. The van der Waals surface area contributed by atoms with Crippen molar-refractivity contribution in [1.82, 2.24) is 0 Å². The lowest BCUT2D eigenvalue weighted by atomic mass is 9.82. The molecule has 0 amide bonds. The van der Waals surface area contributed by atoms with Gasteiger partial charge in [-0.1, -0.05) is 25.5 Å². The molecule has 0 spiro atoms.